The molecule has 10 heteroatoms. The standard InChI is InChI=1S/C16H25N9O/c1-16(2,3)15-20-13(24-6-5-10(26)8-24)11-7-19-25(14(11)21-15)9-12(17)23(4)22-18/h7,10,17-18,26H,5-6,8-9H2,1-4H3/p+1/t10-/m0/s1. The quantitative estimate of drug-likeness (QED) is 0.184. The Hall–Kier alpha value is -2.62. The molecule has 0 bridgehead atoms. The van der Waals surface area contributed by atoms with Gasteiger partial charge in [0.2, 0.25) is 0 Å². The highest BCUT2D eigenvalue weighted by Crippen LogP contribution is 2.30. The highest BCUT2D eigenvalue weighted by molar-refractivity contribution is 5.88. The Morgan fingerprint density at radius 1 is 1.46 bits per heavy atom. The van der Waals surface area contributed by atoms with Crippen molar-refractivity contribution in [1.29, 1.82) is 5.41 Å². The third kappa shape index (κ3) is 3.36. The summed E-state index contributed by atoms with van der Waals surface area (Å²) in [7, 11) is 1.61. The van der Waals surface area contributed by atoms with Crippen LogP contribution in [0, 0.1) is 5.41 Å². The SMILES string of the molecule is C[N+](=NN)C(=N)Cn1ncc2c(N3CC[C@H](O)C3)nc(C(C)(C)C)nc21. The molecule has 0 saturated carbocycles. The minimum Gasteiger partial charge on any atom is -0.391 e. The van der Waals surface area contributed by atoms with Crippen molar-refractivity contribution in [3.05, 3.63) is 12.0 Å². The average Bonchev–Trinajstić information content (AvgIpc) is 3.19. The molecule has 0 aromatic carbocycles. The van der Waals surface area contributed by atoms with Gasteiger partial charge < -0.3 is 10.0 Å². The highest BCUT2D eigenvalue weighted by Gasteiger charge is 2.28. The molecule has 0 radical (unpaired) electrons. The normalized spacial score (nSPS) is 18.7. The molecule has 1 atom stereocenters. The number of aliphatic hydroxyl groups is 1. The summed E-state index contributed by atoms with van der Waals surface area (Å²) in [6.07, 6.45) is 2.09. The molecular weight excluding hydrogens is 334 g/mol. The van der Waals surface area contributed by atoms with Gasteiger partial charge in [0.25, 0.3) is 5.84 Å². The number of nitrogens with zero attached hydrogens (tertiary/aromatic N) is 7. The van der Waals surface area contributed by atoms with Crippen LogP contribution >= 0.6 is 0 Å². The maximum Gasteiger partial charge on any atom is 0.270 e. The maximum atomic E-state index is 9.91. The molecule has 1 fully saturated rings. The number of anilines is 1. The van der Waals surface area contributed by atoms with Gasteiger partial charge in [-0.1, -0.05) is 20.8 Å². The number of hydrogen-bond donors (Lipinski definition) is 3. The van der Waals surface area contributed by atoms with E-state index in [4.69, 9.17) is 21.2 Å². The van der Waals surface area contributed by atoms with Crippen LogP contribution in [0.3, 0.4) is 0 Å². The summed E-state index contributed by atoms with van der Waals surface area (Å²) in [5.74, 6) is 6.92. The summed E-state index contributed by atoms with van der Waals surface area (Å²) >= 11 is 0. The summed E-state index contributed by atoms with van der Waals surface area (Å²) < 4.78 is 2.95. The lowest BCUT2D eigenvalue weighted by atomic mass is 9.95. The van der Waals surface area contributed by atoms with Crippen LogP contribution in [-0.2, 0) is 12.0 Å². The minimum atomic E-state index is -0.346. The van der Waals surface area contributed by atoms with Crippen molar-refractivity contribution in [2.75, 3.05) is 25.0 Å². The van der Waals surface area contributed by atoms with Crippen molar-refractivity contribution in [1.82, 2.24) is 19.7 Å². The zero-order valence-electron chi connectivity index (χ0n) is 15.6. The number of hydrogen-bond acceptors (Lipinski definition) is 7. The third-order valence-corrected chi connectivity index (χ3v) is 4.47. The molecule has 140 valence electrons. The Labute approximate surface area is 151 Å². The van der Waals surface area contributed by atoms with Gasteiger partial charge >= 0.3 is 0 Å². The van der Waals surface area contributed by atoms with Gasteiger partial charge in [-0.05, 0) is 6.42 Å². The topological polar surface area (TPSA) is 132 Å². The minimum absolute atomic E-state index is 0.198. The third-order valence-electron chi connectivity index (χ3n) is 4.47. The van der Waals surface area contributed by atoms with Crippen molar-refractivity contribution < 1.29 is 9.80 Å². The van der Waals surface area contributed by atoms with Crippen molar-refractivity contribution in [3.63, 3.8) is 0 Å². The molecule has 1 aliphatic heterocycles. The first kappa shape index (κ1) is 18.2. The number of nitrogens with two attached hydrogens (primary N) is 1. The number of aromatic nitrogens is 4. The first-order chi connectivity index (χ1) is 12.2. The summed E-state index contributed by atoms with van der Waals surface area (Å²) in [6, 6.07) is 0. The van der Waals surface area contributed by atoms with Gasteiger partial charge in [0.1, 0.15) is 18.2 Å². The second-order valence-corrected chi connectivity index (χ2v) is 7.63. The molecule has 4 N–H and O–H groups in total. The van der Waals surface area contributed by atoms with Crippen molar-refractivity contribution in [3.8, 4) is 0 Å². The number of β-amino-alcohol motifs (C(OH)–C–C–N with tert-alkyl or cyclic N) is 1. The lowest BCUT2D eigenvalue weighted by Gasteiger charge is -2.22. The van der Waals surface area contributed by atoms with Crippen LogP contribution in [0.15, 0.2) is 11.4 Å². The molecule has 0 aliphatic carbocycles. The van der Waals surface area contributed by atoms with E-state index in [-0.39, 0.29) is 23.9 Å². The molecule has 0 unspecified atom stereocenters. The van der Waals surface area contributed by atoms with Gasteiger partial charge in [0, 0.05) is 23.7 Å². The zero-order chi connectivity index (χ0) is 19.1. The van der Waals surface area contributed by atoms with Crippen molar-refractivity contribution in [2.24, 2.45) is 11.1 Å². The second-order valence-electron chi connectivity index (χ2n) is 7.63. The van der Waals surface area contributed by atoms with Crippen molar-refractivity contribution in [2.45, 2.75) is 45.3 Å². The van der Waals surface area contributed by atoms with Crippen LogP contribution in [0.5, 0.6) is 0 Å². The van der Waals surface area contributed by atoms with E-state index in [0.29, 0.717) is 18.0 Å². The number of aliphatic hydroxyl groups excluding tert-OH is 1. The predicted octanol–water partition coefficient (Wildman–Crippen LogP) is 0.640. The van der Waals surface area contributed by atoms with Gasteiger partial charge in [0.05, 0.1) is 24.7 Å². The number of amidine groups is 1. The summed E-state index contributed by atoms with van der Waals surface area (Å²) in [5, 5.41) is 26.7. The molecule has 1 aliphatic rings. The molecule has 2 aromatic rings. The van der Waals surface area contributed by atoms with Crippen LogP contribution in [0.25, 0.3) is 11.0 Å². The molecule has 2 aromatic heterocycles. The van der Waals surface area contributed by atoms with E-state index in [1.807, 2.05) is 0 Å². The molecular formula is C16H26N9O+. The van der Waals surface area contributed by atoms with Crippen LogP contribution in [-0.4, -0.2) is 61.6 Å². The fraction of sp³-hybridized carbons (Fsp3) is 0.625. The van der Waals surface area contributed by atoms with E-state index in [1.165, 1.54) is 4.70 Å². The van der Waals surface area contributed by atoms with E-state index in [2.05, 4.69) is 36.0 Å². The van der Waals surface area contributed by atoms with Gasteiger partial charge in [-0.3, -0.25) is 0 Å². The fourth-order valence-electron chi connectivity index (χ4n) is 2.88. The maximum absolute atomic E-state index is 9.91. The predicted molar refractivity (Wildman–Crippen MR) is 97.4 cm³/mol. The molecule has 10 nitrogen and oxygen atoms in total. The summed E-state index contributed by atoms with van der Waals surface area (Å²) in [6.45, 7) is 7.66. The summed E-state index contributed by atoms with van der Waals surface area (Å²) in [4.78, 5) is 11.6. The molecule has 1 saturated heterocycles. The fourth-order valence-corrected chi connectivity index (χ4v) is 2.88. The second kappa shape index (κ2) is 6.60. The van der Waals surface area contributed by atoms with Gasteiger partial charge in [-0.15, -0.1) is 4.70 Å². The smallest absolute Gasteiger partial charge is 0.270 e. The number of fused-ring (bicyclic) bond motifs is 1. The molecule has 0 amide bonds. The van der Waals surface area contributed by atoms with Gasteiger partial charge in [-0.2, -0.15) is 10.5 Å². The van der Waals surface area contributed by atoms with Gasteiger partial charge in [-0.25, -0.2) is 20.5 Å². The molecule has 26 heavy (non-hydrogen) atoms. The monoisotopic (exact) mass is 360 g/mol. The number of likely N-dealkylation sites (N-methyl/N-ethyl adjacent to an activating group) is 1. The number of rotatable bonds is 3. The lowest BCUT2D eigenvalue weighted by molar-refractivity contribution is -0.456. The Balaban J connectivity index is 2.11. The Bertz CT molecular complexity index is 864. The van der Waals surface area contributed by atoms with Crippen LogP contribution in [0.4, 0.5) is 5.82 Å². The largest absolute Gasteiger partial charge is 0.391 e. The first-order valence-electron chi connectivity index (χ1n) is 8.59. The van der Waals surface area contributed by atoms with E-state index < -0.39 is 0 Å². The Morgan fingerprint density at radius 3 is 2.77 bits per heavy atom. The molecule has 3 heterocycles. The van der Waals surface area contributed by atoms with Crippen molar-refractivity contribution >= 4 is 22.7 Å². The van der Waals surface area contributed by atoms with E-state index in [0.717, 1.165) is 24.2 Å². The van der Waals surface area contributed by atoms with E-state index >= 15 is 0 Å². The van der Waals surface area contributed by atoms with Crippen LogP contribution < -0.4 is 10.7 Å². The lowest BCUT2D eigenvalue weighted by Crippen LogP contribution is -2.26. The summed E-state index contributed by atoms with van der Waals surface area (Å²) in [5.41, 5.74) is 0.421. The number of nitrogens with one attached hydrogen (secondary N) is 1. The van der Waals surface area contributed by atoms with E-state index in [9.17, 15) is 5.11 Å². The van der Waals surface area contributed by atoms with Gasteiger partial charge in [0.15, 0.2) is 5.65 Å². The van der Waals surface area contributed by atoms with Crippen LogP contribution in [0.2, 0.25) is 0 Å². The first-order valence-corrected chi connectivity index (χ1v) is 8.59. The molecule has 3 rings (SSSR count). The molecule has 0 spiro atoms. The zero-order valence-corrected chi connectivity index (χ0v) is 15.6. The van der Waals surface area contributed by atoms with E-state index in [1.54, 1.807) is 17.9 Å². The van der Waals surface area contributed by atoms with Crippen LogP contribution in [0.1, 0.15) is 33.0 Å². The Kier molecular flexibility index (Phi) is 4.61. The Morgan fingerprint density at radius 2 is 2.19 bits per heavy atom. The average molecular weight is 360 g/mol. The highest BCUT2D eigenvalue weighted by atomic mass is 16.3.